The summed E-state index contributed by atoms with van der Waals surface area (Å²) >= 11 is 3.40. The number of hydrogen-bond donors (Lipinski definition) is 0. The van der Waals surface area contributed by atoms with Gasteiger partial charge in [0.1, 0.15) is 0 Å². The molecule has 1 aromatic rings. The predicted octanol–water partition coefficient (Wildman–Crippen LogP) is 2.33. The lowest BCUT2D eigenvalue weighted by Crippen LogP contribution is -1.85. The smallest absolute Gasteiger partial charge is 0.0327 e. The van der Waals surface area contributed by atoms with E-state index in [1.54, 1.807) is 0 Å². The molecule has 0 amide bonds. The SMILES string of the molecule is C/N=[SH2](\C)c1ccc(Br)cc1. The minimum absolute atomic E-state index is 0.619. The van der Waals surface area contributed by atoms with Gasteiger partial charge in [-0.1, -0.05) is 15.9 Å². The average Bonchev–Trinajstić information content (AvgIpc) is 2.05. The lowest BCUT2D eigenvalue weighted by atomic mass is 10.4. The molecule has 0 fully saturated rings. The van der Waals surface area contributed by atoms with Crippen molar-refractivity contribution in [3.63, 3.8) is 0 Å². The molecular formula is C8H12BrNS. The van der Waals surface area contributed by atoms with Gasteiger partial charge in [0, 0.05) is 11.5 Å². The Kier molecular flexibility index (Phi) is 3.27. The van der Waals surface area contributed by atoms with E-state index in [-0.39, 0.29) is 0 Å². The molecule has 1 rings (SSSR count). The number of nitrogens with zero attached hydrogens (tertiary/aromatic N) is 1. The standard InChI is InChI=1S/C8H12BrNS/c1-10-11(2)8-5-3-7(9)4-6-8/h3-6H,11H2,1-2H3. The number of halogens is 1. The molecule has 0 spiro atoms. The van der Waals surface area contributed by atoms with Crippen LogP contribution < -0.4 is 0 Å². The highest BCUT2D eigenvalue weighted by molar-refractivity contribution is 9.10. The van der Waals surface area contributed by atoms with Gasteiger partial charge in [-0.05, 0) is 35.4 Å². The lowest BCUT2D eigenvalue weighted by Gasteiger charge is -2.03. The zero-order valence-electron chi connectivity index (χ0n) is 6.63. The van der Waals surface area contributed by atoms with E-state index >= 15 is 0 Å². The number of hydrogen-bond acceptors (Lipinski definition) is 1. The van der Waals surface area contributed by atoms with Crippen LogP contribution in [0.5, 0.6) is 0 Å². The summed E-state index contributed by atoms with van der Waals surface area (Å²) in [7, 11) is 1.27. The summed E-state index contributed by atoms with van der Waals surface area (Å²) in [4.78, 5) is 1.36. The Labute approximate surface area is 78.1 Å². The molecule has 11 heavy (non-hydrogen) atoms. The quantitative estimate of drug-likeness (QED) is 0.707. The van der Waals surface area contributed by atoms with E-state index in [0.717, 1.165) is 4.47 Å². The molecule has 0 N–H and O–H groups in total. The van der Waals surface area contributed by atoms with E-state index in [0.29, 0.717) is 0 Å². The second-order valence-corrected chi connectivity index (χ2v) is 5.43. The summed E-state index contributed by atoms with van der Waals surface area (Å²) in [5.41, 5.74) is 0. The number of benzene rings is 1. The molecule has 0 radical (unpaired) electrons. The molecule has 0 heterocycles. The fourth-order valence-corrected chi connectivity index (χ4v) is 1.99. The highest BCUT2D eigenvalue weighted by Gasteiger charge is 1.89. The Morgan fingerprint density at radius 3 is 2.27 bits per heavy atom. The Bertz CT molecular complexity index is 266. The highest BCUT2D eigenvalue weighted by Crippen LogP contribution is 2.13. The molecule has 0 saturated carbocycles. The van der Waals surface area contributed by atoms with E-state index in [2.05, 4.69) is 50.8 Å². The summed E-state index contributed by atoms with van der Waals surface area (Å²) in [6.45, 7) is 0. The second-order valence-electron chi connectivity index (χ2n) is 2.32. The third-order valence-corrected chi connectivity index (χ3v) is 3.97. The zero-order chi connectivity index (χ0) is 8.27. The van der Waals surface area contributed by atoms with Gasteiger partial charge in [0.2, 0.25) is 0 Å². The van der Waals surface area contributed by atoms with Crippen LogP contribution in [0.1, 0.15) is 0 Å². The molecule has 0 atom stereocenters. The van der Waals surface area contributed by atoms with Crippen LogP contribution in [0.25, 0.3) is 0 Å². The normalized spacial score (nSPS) is 15.0. The third kappa shape index (κ3) is 2.42. The lowest BCUT2D eigenvalue weighted by molar-refractivity contribution is 1.40. The first-order valence-corrected chi connectivity index (χ1v) is 6.17. The van der Waals surface area contributed by atoms with E-state index < -0.39 is 10.7 Å². The van der Waals surface area contributed by atoms with Crippen LogP contribution in [-0.4, -0.2) is 13.3 Å². The van der Waals surface area contributed by atoms with Crippen LogP contribution in [-0.2, 0) is 10.7 Å². The van der Waals surface area contributed by atoms with E-state index in [9.17, 15) is 0 Å². The Hall–Kier alpha value is -0.150. The molecule has 62 valence electrons. The van der Waals surface area contributed by atoms with Gasteiger partial charge in [0.15, 0.2) is 0 Å². The zero-order valence-corrected chi connectivity index (χ0v) is 9.22. The van der Waals surface area contributed by atoms with Crippen molar-refractivity contribution >= 4 is 26.6 Å². The predicted molar refractivity (Wildman–Crippen MR) is 56.8 cm³/mol. The molecule has 0 aliphatic carbocycles. The van der Waals surface area contributed by atoms with Crippen molar-refractivity contribution in [2.75, 3.05) is 13.3 Å². The maximum atomic E-state index is 4.27. The van der Waals surface area contributed by atoms with Gasteiger partial charge in [-0.25, -0.2) is 0 Å². The van der Waals surface area contributed by atoms with Crippen LogP contribution in [0.2, 0.25) is 0 Å². The van der Waals surface area contributed by atoms with Crippen LogP contribution >= 0.6 is 15.9 Å². The topological polar surface area (TPSA) is 12.4 Å². The average molecular weight is 234 g/mol. The van der Waals surface area contributed by atoms with Crippen molar-refractivity contribution in [2.24, 2.45) is 4.36 Å². The minimum atomic E-state index is -0.619. The van der Waals surface area contributed by atoms with Gasteiger partial charge in [-0.3, -0.25) is 4.36 Å². The van der Waals surface area contributed by atoms with Gasteiger partial charge in [-0.15, -0.1) is 0 Å². The Morgan fingerprint density at radius 1 is 1.27 bits per heavy atom. The molecule has 1 nitrogen and oxygen atoms in total. The third-order valence-electron chi connectivity index (χ3n) is 1.60. The minimum Gasteiger partial charge on any atom is -0.287 e. The van der Waals surface area contributed by atoms with Crippen molar-refractivity contribution in [3.8, 4) is 0 Å². The first-order chi connectivity index (χ1) is 5.24. The van der Waals surface area contributed by atoms with Gasteiger partial charge in [0.25, 0.3) is 0 Å². The van der Waals surface area contributed by atoms with Crippen molar-refractivity contribution in [2.45, 2.75) is 4.90 Å². The Morgan fingerprint density at radius 2 is 1.82 bits per heavy atom. The summed E-state index contributed by atoms with van der Waals surface area (Å²) < 4.78 is 5.41. The largest absolute Gasteiger partial charge is 0.287 e. The van der Waals surface area contributed by atoms with Crippen molar-refractivity contribution in [3.05, 3.63) is 28.7 Å². The second kappa shape index (κ2) is 4.02. The highest BCUT2D eigenvalue weighted by atomic mass is 79.9. The van der Waals surface area contributed by atoms with E-state index in [4.69, 9.17) is 0 Å². The molecule has 0 aliphatic rings. The van der Waals surface area contributed by atoms with Gasteiger partial charge < -0.3 is 0 Å². The van der Waals surface area contributed by atoms with Gasteiger partial charge >= 0.3 is 0 Å². The molecule has 1 aromatic carbocycles. The Balaban J connectivity index is 2.99. The first kappa shape index (κ1) is 8.94. The molecule has 0 aliphatic heterocycles. The van der Waals surface area contributed by atoms with Crippen LogP contribution in [0.15, 0.2) is 38.0 Å². The van der Waals surface area contributed by atoms with Gasteiger partial charge in [0.05, 0.1) is 0 Å². The summed E-state index contributed by atoms with van der Waals surface area (Å²) in [6, 6.07) is 8.39. The molecule has 0 unspecified atom stereocenters. The van der Waals surface area contributed by atoms with Crippen molar-refractivity contribution in [1.82, 2.24) is 0 Å². The fraction of sp³-hybridized carbons (Fsp3) is 0.250. The molecular weight excluding hydrogens is 222 g/mol. The van der Waals surface area contributed by atoms with Crippen LogP contribution in [0.4, 0.5) is 0 Å². The van der Waals surface area contributed by atoms with E-state index in [1.807, 2.05) is 7.05 Å². The van der Waals surface area contributed by atoms with E-state index in [1.165, 1.54) is 4.90 Å². The molecule has 0 bridgehead atoms. The monoisotopic (exact) mass is 233 g/mol. The molecule has 3 heteroatoms. The fourth-order valence-electron chi connectivity index (χ4n) is 0.820. The maximum absolute atomic E-state index is 4.27. The molecule has 0 aromatic heterocycles. The number of rotatable bonds is 1. The van der Waals surface area contributed by atoms with Crippen LogP contribution in [0, 0.1) is 0 Å². The van der Waals surface area contributed by atoms with Crippen LogP contribution in [0.3, 0.4) is 0 Å². The van der Waals surface area contributed by atoms with Crippen molar-refractivity contribution in [1.29, 1.82) is 0 Å². The summed E-state index contributed by atoms with van der Waals surface area (Å²) in [6.07, 6.45) is 2.19. The van der Waals surface area contributed by atoms with Gasteiger partial charge in [-0.2, -0.15) is 10.7 Å². The summed E-state index contributed by atoms with van der Waals surface area (Å²) in [5.74, 6) is 0. The summed E-state index contributed by atoms with van der Waals surface area (Å²) in [5, 5.41) is 0. The molecule has 0 saturated heterocycles. The first-order valence-electron chi connectivity index (χ1n) is 3.43. The maximum Gasteiger partial charge on any atom is 0.0327 e. The van der Waals surface area contributed by atoms with Crippen molar-refractivity contribution < 1.29 is 0 Å².